The van der Waals surface area contributed by atoms with Crippen molar-refractivity contribution in [2.45, 2.75) is 13.2 Å². The normalized spacial score (nSPS) is 10.3. The maximum Gasteiger partial charge on any atom is 0.203 e. The first kappa shape index (κ1) is 14.7. The molecule has 1 aromatic carbocycles. The summed E-state index contributed by atoms with van der Waals surface area (Å²) in [5.74, 6) is 1.99. The maximum absolute atomic E-state index is 5.87. The molecule has 0 amide bonds. The third kappa shape index (κ3) is 3.43. The number of nitrogens with one attached hydrogen (secondary N) is 1. The molecule has 1 heterocycles. The predicted molar refractivity (Wildman–Crippen MR) is 81.0 cm³/mol. The average Bonchev–Trinajstić information content (AvgIpc) is 2.92. The van der Waals surface area contributed by atoms with Gasteiger partial charge in [0.1, 0.15) is 6.61 Å². The number of thiophene rings is 1. The fraction of sp³-hybridized carbons (Fsp3) is 0.333. The third-order valence-corrected chi connectivity index (χ3v) is 3.87. The zero-order valence-electron chi connectivity index (χ0n) is 11.9. The Labute approximate surface area is 123 Å². The van der Waals surface area contributed by atoms with Gasteiger partial charge in [-0.05, 0) is 31.3 Å². The monoisotopic (exact) mass is 293 g/mol. The van der Waals surface area contributed by atoms with Crippen molar-refractivity contribution < 1.29 is 14.2 Å². The summed E-state index contributed by atoms with van der Waals surface area (Å²) in [4.78, 5) is 2.46. The van der Waals surface area contributed by atoms with Crippen molar-refractivity contribution in [3.05, 3.63) is 40.1 Å². The Morgan fingerprint density at radius 2 is 1.65 bits per heavy atom. The van der Waals surface area contributed by atoms with Gasteiger partial charge in [-0.25, -0.2) is 0 Å². The molecule has 0 bridgehead atoms. The lowest BCUT2D eigenvalue weighted by atomic mass is 10.3. The van der Waals surface area contributed by atoms with Crippen molar-refractivity contribution >= 4 is 11.3 Å². The molecule has 0 spiro atoms. The first-order valence-corrected chi connectivity index (χ1v) is 7.16. The summed E-state index contributed by atoms with van der Waals surface area (Å²) in [6.45, 7) is 1.38. The quantitative estimate of drug-likeness (QED) is 0.851. The number of rotatable bonds is 7. The van der Waals surface area contributed by atoms with Crippen LogP contribution in [0, 0.1) is 0 Å². The van der Waals surface area contributed by atoms with Crippen LogP contribution >= 0.6 is 11.3 Å². The molecule has 0 saturated carbocycles. The Bertz CT molecular complexity index is 532. The van der Waals surface area contributed by atoms with Crippen molar-refractivity contribution in [2.24, 2.45) is 0 Å². The summed E-state index contributed by atoms with van der Waals surface area (Å²) in [6, 6.07) is 9.79. The second-order valence-electron chi connectivity index (χ2n) is 4.18. The van der Waals surface area contributed by atoms with Gasteiger partial charge in [-0.2, -0.15) is 0 Å². The zero-order valence-corrected chi connectivity index (χ0v) is 12.8. The first-order chi connectivity index (χ1) is 9.78. The second-order valence-corrected chi connectivity index (χ2v) is 5.43. The van der Waals surface area contributed by atoms with Gasteiger partial charge in [0.25, 0.3) is 0 Å². The van der Waals surface area contributed by atoms with E-state index in [0.717, 1.165) is 6.54 Å². The first-order valence-electron chi connectivity index (χ1n) is 6.34. The van der Waals surface area contributed by atoms with Gasteiger partial charge in [0, 0.05) is 16.3 Å². The van der Waals surface area contributed by atoms with Crippen molar-refractivity contribution in [2.75, 3.05) is 21.3 Å². The van der Waals surface area contributed by atoms with Crippen LogP contribution in [0.1, 0.15) is 9.75 Å². The van der Waals surface area contributed by atoms with E-state index >= 15 is 0 Å². The van der Waals surface area contributed by atoms with E-state index in [1.54, 1.807) is 25.6 Å². The van der Waals surface area contributed by atoms with Gasteiger partial charge in [-0.3, -0.25) is 0 Å². The second kappa shape index (κ2) is 7.17. The Morgan fingerprint density at radius 3 is 2.25 bits per heavy atom. The molecule has 0 aliphatic heterocycles. The average molecular weight is 293 g/mol. The molecule has 0 aliphatic carbocycles. The van der Waals surface area contributed by atoms with Crippen LogP contribution in [-0.2, 0) is 13.2 Å². The van der Waals surface area contributed by atoms with Crippen LogP contribution in [0.2, 0.25) is 0 Å². The molecule has 4 nitrogen and oxygen atoms in total. The van der Waals surface area contributed by atoms with Crippen LogP contribution in [0.4, 0.5) is 0 Å². The third-order valence-electron chi connectivity index (χ3n) is 2.81. The minimum Gasteiger partial charge on any atom is -0.493 e. The number of para-hydroxylation sites is 1. The molecular formula is C15H19NO3S. The zero-order chi connectivity index (χ0) is 14.4. The molecule has 20 heavy (non-hydrogen) atoms. The topological polar surface area (TPSA) is 39.7 Å². The molecule has 0 radical (unpaired) electrons. The Kier molecular flexibility index (Phi) is 5.26. The summed E-state index contributed by atoms with van der Waals surface area (Å²) in [6.07, 6.45) is 0. The van der Waals surface area contributed by atoms with E-state index < -0.39 is 0 Å². The van der Waals surface area contributed by atoms with Gasteiger partial charge in [-0.1, -0.05) is 6.07 Å². The molecule has 0 fully saturated rings. The molecule has 2 rings (SSSR count). The molecule has 2 aromatic rings. The Balaban J connectivity index is 2.09. The van der Waals surface area contributed by atoms with Crippen LogP contribution in [-0.4, -0.2) is 21.3 Å². The minimum atomic E-state index is 0.505. The minimum absolute atomic E-state index is 0.505. The number of benzene rings is 1. The molecule has 0 atom stereocenters. The standard InChI is InChI=1S/C15H19NO3S/c1-16-9-11-7-8-12(20-11)10-19-15-13(17-2)5-4-6-14(15)18-3/h4-8,16H,9-10H2,1-3H3. The SMILES string of the molecule is CNCc1ccc(COc2c(OC)cccc2OC)s1. The molecule has 1 aromatic heterocycles. The molecule has 1 N–H and O–H groups in total. The molecule has 5 heteroatoms. The largest absolute Gasteiger partial charge is 0.493 e. The smallest absolute Gasteiger partial charge is 0.203 e. The molecule has 0 saturated heterocycles. The van der Waals surface area contributed by atoms with E-state index in [0.29, 0.717) is 23.9 Å². The van der Waals surface area contributed by atoms with E-state index in [1.165, 1.54) is 9.75 Å². The molecule has 0 aliphatic rings. The van der Waals surface area contributed by atoms with E-state index in [2.05, 4.69) is 17.4 Å². The van der Waals surface area contributed by atoms with Crippen LogP contribution < -0.4 is 19.5 Å². The van der Waals surface area contributed by atoms with Crippen LogP contribution in [0.3, 0.4) is 0 Å². The summed E-state index contributed by atoms with van der Waals surface area (Å²) in [5, 5.41) is 3.14. The molecule has 108 valence electrons. The highest BCUT2D eigenvalue weighted by Gasteiger charge is 2.11. The van der Waals surface area contributed by atoms with Crippen LogP contribution in [0.5, 0.6) is 17.2 Å². The van der Waals surface area contributed by atoms with E-state index in [9.17, 15) is 0 Å². The highest BCUT2D eigenvalue weighted by atomic mass is 32.1. The lowest BCUT2D eigenvalue weighted by molar-refractivity contribution is 0.268. The van der Waals surface area contributed by atoms with E-state index in [1.807, 2.05) is 25.2 Å². The predicted octanol–water partition coefficient (Wildman–Crippen LogP) is 3.06. The Hall–Kier alpha value is -1.72. The van der Waals surface area contributed by atoms with Crippen molar-refractivity contribution in [1.82, 2.24) is 5.32 Å². The highest BCUT2D eigenvalue weighted by molar-refractivity contribution is 7.11. The summed E-state index contributed by atoms with van der Waals surface area (Å²) in [7, 11) is 5.19. The van der Waals surface area contributed by atoms with Crippen molar-refractivity contribution in [1.29, 1.82) is 0 Å². The summed E-state index contributed by atoms with van der Waals surface area (Å²) in [5.41, 5.74) is 0. The highest BCUT2D eigenvalue weighted by Crippen LogP contribution is 2.37. The van der Waals surface area contributed by atoms with E-state index in [4.69, 9.17) is 14.2 Å². The van der Waals surface area contributed by atoms with Gasteiger partial charge in [0.15, 0.2) is 11.5 Å². The summed E-state index contributed by atoms with van der Waals surface area (Å²) < 4.78 is 16.5. The number of methoxy groups -OCH3 is 2. The fourth-order valence-corrected chi connectivity index (χ4v) is 2.82. The van der Waals surface area contributed by atoms with Crippen molar-refractivity contribution in [3.8, 4) is 17.2 Å². The number of hydrogen-bond donors (Lipinski definition) is 1. The lowest BCUT2D eigenvalue weighted by Gasteiger charge is -2.13. The summed E-state index contributed by atoms with van der Waals surface area (Å²) >= 11 is 1.73. The van der Waals surface area contributed by atoms with Gasteiger partial charge in [-0.15, -0.1) is 11.3 Å². The van der Waals surface area contributed by atoms with Gasteiger partial charge >= 0.3 is 0 Å². The molecular weight excluding hydrogens is 274 g/mol. The maximum atomic E-state index is 5.87. The number of ether oxygens (including phenoxy) is 3. The lowest BCUT2D eigenvalue weighted by Crippen LogP contribution is -2.02. The van der Waals surface area contributed by atoms with E-state index in [-0.39, 0.29) is 0 Å². The molecule has 0 unspecified atom stereocenters. The van der Waals surface area contributed by atoms with Gasteiger partial charge in [0.2, 0.25) is 5.75 Å². The van der Waals surface area contributed by atoms with Crippen molar-refractivity contribution in [3.63, 3.8) is 0 Å². The Morgan fingerprint density at radius 1 is 1.00 bits per heavy atom. The van der Waals surface area contributed by atoms with Crippen LogP contribution in [0.25, 0.3) is 0 Å². The fourth-order valence-electron chi connectivity index (χ4n) is 1.87. The number of hydrogen-bond acceptors (Lipinski definition) is 5. The van der Waals surface area contributed by atoms with Crippen LogP contribution in [0.15, 0.2) is 30.3 Å². The van der Waals surface area contributed by atoms with Gasteiger partial charge in [0.05, 0.1) is 14.2 Å². The van der Waals surface area contributed by atoms with Gasteiger partial charge < -0.3 is 19.5 Å².